The largest absolute Gasteiger partial charge is 0.377 e. The van der Waals surface area contributed by atoms with E-state index in [9.17, 15) is 9.59 Å². The number of aryl methyl sites for hydroxylation is 1. The second kappa shape index (κ2) is 14.7. The van der Waals surface area contributed by atoms with E-state index < -0.39 is 0 Å². The predicted octanol–water partition coefficient (Wildman–Crippen LogP) is 6.96. The Balaban J connectivity index is 1.14. The zero-order valence-electron chi connectivity index (χ0n) is 27.1. The monoisotopic (exact) mass is 668 g/mol. The Morgan fingerprint density at radius 1 is 0.978 bits per heavy atom. The summed E-state index contributed by atoms with van der Waals surface area (Å²) in [5.74, 6) is 0.502. The van der Waals surface area contributed by atoms with Gasteiger partial charge in [0.15, 0.2) is 0 Å². The molecule has 0 spiro atoms. The molecule has 3 atom stereocenters. The fourth-order valence-electron chi connectivity index (χ4n) is 7.52. The molecule has 1 N–H and O–H groups in total. The molecule has 248 valence electrons. The summed E-state index contributed by atoms with van der Waals surface area (Å²) in [4.78, 5) is 31.7. The van der Waals surface area contributed by atoms with Gasteiger partial charge in [-0.05, 0) is 75.1 Å². The van der Waals surface area contributed by atoms with Crippen LogP contribution in [0.15, 0.2) is 42.6 Å². The number of ether oxygens (including phenoxy) is 2. The van der Waals surface area contributed by atoms with Gasteiger partial charge in [-0.15, -0.1) is 0 Å². The average molecular weight is 670 g/mol. The standard InChI is InChI=1S/C36H46Cl2N4O4/c1-4-45-28-13-14-41(20-28)25-17-26(22-46-27-11-9-23(2)10-12-27)42(19-25)35(43)16-24-15-32(38)33(18-31(24)37)39-36(44)30-21-40(3)34-8-6-5-7-29(30)34/h5-8,15,18,21,23,25-28H,4,9-14,16-17,19-20,22H2,1-3H3,(H,39,44)/t23-,25-,26-,27-,28-/m0/s1. The molecule has 1 saturated carbocycles. The molecule has 2 aliphatic heterocycles. The topological polar surface area (TPSA) is 76.0 Å². The maximum absolute atomic E-state index is 13.9. The molecule has 2 amide bonds. The van der Waals surface area contributed by atoms with Gasteiger partial charge >= 0.3 is 0 Å². The van der Waals surface area contributed by atoms with Crippen molar-refractivity contribution in [1.82, 2.24) is 14.4 Å². The van der Waals surface area contributed by atoms with E-state index in [1.54, 1.807) is 18.3 Å². The first-order chi connectivity index (χ1) is 22.2. The number of hydrogen-bond acceptors (Lipinski definition) is 5. The third-order valence-electron chi connectivity index (χ3n) is 10.2. The number of carbonyl (C=O) groups excluding carboxylic acids is 2. The highest BCUT2D eigenvalue weighted by Crippen LogP contribution is 2.33. The number of fused-ring (bicyclic) bond motifs is 1. The normalized spacial score (nSPS) is 25.4. The van der Waals surface area contributed by atoms with E-state index in [-0.39, 0.29) is 42.5 Å². The summed E-state index contributed by atoms with van der Waals surface area (Å²) in [6, 6.07) is 11.4. The summed E-state index contributed by atoms with van der Waals surface area (Å²) in [5.41, 5.74) is 2.56. The first-order valence-corrected chi connectivity index (χ1v) is 17.6. The van der Waals surface area contributed by atoms with Gasteiger partial charge in [0.1, 0.15) is 0 Å². The van der Waals surface area contributed by atoms with Crippen LogP contribution in [0.1, 0.15) is 68.3 Å². The lowest BCUT2D eigenvalue weighted by molar-refractivity contribution is -0.133. The number of para-hydroxylation sites is 1. The minimum atomic E-state index is -0.273. The van der Waals surface area contributed by atoms with E-state index in [2.05, 4.69) is 17.1 Å². The maximum atomic E-state index is 13.9. The van der Waals surface area contributed by atoms with Crippen molar-refractivity contribution < 1.29 is 19.1 Å². The van der Waals surface area contributed by atoms with Crippen LogP contribution < -0.4 is 5.32 Å². The van der Waals surface area contributed by atoms with Crippen LogP contribution in [0, 0.1) is 5.92 Å². The van der Waals surface area contributed by atoms with E-state index in [0.717, 1.165) is 62.2 Å². The number of nitrogens with zero attached hydrogens (tertiary/aromatic N) is 3. The minimum absolute atomic E-state index is 0.0106. The molecule has 3 aromatic rings. The van der Waals surface area contributed by atoms with Crippen LogP contribution in [0.2, 0.25) is 10.0 Å². The lowest BCUT2D eigenvalue weighted by Crippen LogP contribution is -2.41. The number of rotatable bonds is 10. The third kappa shape index (κ3) is 7.42. The van der Waals surface area contributed by atoms with Crippen molar-refractivity contribution in [1.29, 1.82) is 0 Å². The Morgan fingerprint density at radius 3 is 2.54 bits per heavy atom. The van der Waals surface area contributed by atoms with Crippen LogP contribution in [-0.4, -0.2) is 83.3 Å². The van der Waals surface area contributed by atoms with Gasteiger partial charge in [-0.1, -0.05) is 48.3 Å². The molecular weight excluding hydrogens is 623 g/mol. The van der Waals surface area contributed by atoms with Crippen molar-refractivity contribution in [3.05, 3.63) is 63.8 Å². The van der Waals surface area contributed by atoms with Crippen molar-refractivity contribution in [3.63, 3.8) is 0 Å². The van der Waals surface area contributed by atoms with Gasteiger partial charge in [0.2, 0.25) is 5.91 Å². The van der Waals surface area contributed by atoms with Gasteiger partial charge in [0.05, 0.1) is 47.6 Å². The number of hydrogen-bond donors (Lipinski definition) is 1. The summed E-state index contributed by atoms with van der Waals surface area (Å²) in [6.45, 7) is 8.18. The highest BCUT2D eigenvalue weighted by atomic mass is 35.5. The van der Waals surface area contributed by atoms with E-state index >= 15 is 0 Å². The zero-order chi connectivity index (χ0) is 32.4. The molecule has 3 heterocycles. The molecule has 0 radical (unpaired) electrons. The van der Waals surface area contributed by atoms with Gasteiger partial charge in [-0.25, -0.2) is 0 Å². The van der Waals surface area contributed by atoms with Crippen LogP contribution >= 0.6 is 23.2 Å². The number of amides is 2. The van der Waals surface area contributed by atoms with E-state index in [4.69, 9.17) is 32.7 Å². The molecule has 3 fully saturated rings. The number of carbonyl (C=O) groups is 2. The van der Waals surface area contributed by atoms with E-state index in [1.165, 1.54) is 12.8 Å². The highest BCUT2D eigenvalue weighted by molar-refractivity contribution is 6.36. The Hall–Kier alpha value is -2.62. The van der Waals surface area contributed by atoms with Crippen molar-refractivity contribution in [2.75, 3.05) is 38.2 Å². The number of nitrogens with one attached hydrogen (secondary N) is 1. The van der Waals surface area contributed by atoms with Gasteiger partial charge in [-0.2, -0.15) is 0 Å². The third-order valence-corrected chi connectivity index (χ3v) is 10.8. The number of benzene rings is 2. The quantitative estimate of drug-likeness (QED) is 0.253. The Labute approximate surface area is 282 Å². The summed E-state index contributed by atoms with van der Waals surface area (Å²) < 4.78 is 14.3. The second-order valence-corrected chi connectivity index (χ2v) is 14.2. The molecular formula is C36H46Cl2N4O4. The first kappa shape index (κ1) is 33.3. The van der Waals surface area contributed by atoms with Gasteiger partial charge in [-0.3, -0.25) is 14.5 Å². The Morgan fingerprint density at radius 2 is 1.76 bits per heavy atom. The van der Waals surface area contributed by atoms with Crippen LogP contribution in [0.5, 0.6) is 0 Å². The van der Waals surface area contributed by atoms with Gasteiger partial charge < -0.3 is 24.3 Å². The zero-order valence-corrected chi connectivity index (χ0v) is 28.7. The maximum Gasteiger partial charge on any atom is 0.257 e. The van der Waals surface area contributed by atoms with Gasteiger partial charge in [0, 0.05) is 61.5 Å². The summed E-state index contributed by atoms with van der Waals surface area (Å²) in [6.07, 6.45) is 8.95. The molecule has 10 heteroatoms. The van der Waals surface area contributed by atoms with E-state index in [0.29, 0.717) is 40.0 Å². The van der Waals surface area contributed by atoms with Crippen molar-refractivity contribution in [2.45, 2.75) is 83.1 Å². The lowest BCUT2D eigenvalue weighted by atomic mass is 9.89. The molecule has 2 aromatic carbocycles. The number of likely N-dealkylation sites (tertiary alicyclic amines) is 2. The molecule has 0 unspecified atom stereocenters. The lowest BCUT2D eigenvalue weighted by Gasteiger charge is -2.30. The SMILES string of the molecule is CCO[C@H]1CCN([C@H]2C[C@@H](CO[C@H]3CC[C@H](C)CC3)N(C(=O)Cc3cc(Cl)c(NC(=O)c4cn(C)c5ccccc45)cc3Cl)C2)C1. The van der Waals surface area contributed by atoms with Crippen LogP contribution in [0.25, 0.3) is 10.9 Å². The van der Waals surface area contributed by atoms with Crippen LogP contribution in [0.3, 0.4) is 0 Å². The minimum Gasteiger partial charge on any atom is -0.377 e. The smallest absolute Gasteiger partial charge is 0.257 e. The van der Waals surface area contributed by atoms with Crippen LogP contribution in [0.4, 0.5) is 5.69 Å². The highest BCUT2D eigenvalue weighted by Gasteiger charge is 2.40. The Kier molecular flexibility index (Phi) is 10.6. The molecule has 1 aliphatic carbocycles. The number of aromatic nitrogens is 1. The van der Waals surface area contributed by atoms with Crippen molar-refractivity contribution in [3.8, 4) is 0 Å². The molecule has 0 bridgehead atoms. The predicted molar refractivity (Wildman–Crippen MR) is 184 cm³/mol. The fourth-order valence-corrected chi connectivity index (χ4v) is 7.98. The van der Waals surface area contributed by atoms with Gasteiger partial charge in [0.25, 0.3) is 5.91 Å². The van der Waals surface area contributed by atoms with E-state index in [1.807, 2.05) is 47.7 Å². The molecule has 2 saturated heterocycles. The molecule has 3 aliphatic rings. The molecule has 46 heavy (non-hydrogen) atoms. The number of anilines is 1. The summed E-state index contributed by atoms with van der Waals surface area (Å²) in [7, 11) is 1.91. The summed E-state index contributed by atoms with van der Waals surface area (Å²) in [5, 5.41) is 4.51. The molecule has 1 aromatic heterocycles. The molecule has 6 rings (SSSR count). The first-order valence-electron chi connectivity index (χ1n) is 16.8. The average Bonchev–Trinajstić information content (AvgIpc) is 3.77. The second-order valence-electron chi connectivity index (χ2n) is 13.4. The molecule has 8 nitrogen and oxygen atoms in total. The summed E-state index contributed by atoms with van der Waals surface area (Å²) >= 11 is 13.4. The van der Waals surface area contributed by atoms with Crippen molar-refractivity contribution >= 4 is 51.6 Å². The number of halogens is 2. The fraction of sp³-hybridized carbons (Fsp3) is 0.556. The Bertz CT molecular complexity index is 1550. The van der Waals surface area contributed by atoms with Crippen molar-refractivity contribution in [2.24, 2.45) is 13.0 Å². The van der Waals surface area contributed by atoms with Crippen LogP contribution in [-0.2, 0) is 27.7 Å².